The van der Waals surface area contributed by atoms with Gasteiger partial charge in [-0.2, -0.15) is 0 Å². The number of aliphatic carboxylic acids is 1. The van der Waals surface area contributed by atoms with Crippen molar-refractivity contribution in [3.05, 3.63) is 33.9 Å². The second kappa shape index (κ2) is 6.45. The zero-order valence-corrected chi connectivity index (χ0v) is 14.3. The third-order valence-corrected chi connectivity index (χ3v) is 4.74. The molecule has 0 saturated carbocycles. The molecule has 6 nitrogen and oxygen atoms in total. The molecule has 24 heavy (non-hydrogen) atoms. The maximum atomic E-state index is 11.9. The molecule has 1 aliphatic heterocycles. The van der Waals surface area contributed by atoms with E-state index in [2.05, 4.69) is 4.98 Å². The van der Waals surface area contributed by atoms with Gasteiger partial charge < -0.3 is 14.7 Å². The Morgan fingerprint density at radius 1 is 1.33 bits per heavy atom. The van der Waals surface area contributed by atoms with Crippen molar-refractivity contribution < 1.29 is 19.4 Å². The first-order valence-corrected chi connectivity index (χ1v) is 8.11. The first-order chi connectivity index (χ1) is 11.4. The number of pyridine rings is 1. The van der Waals surface area contributed by atoms with Gasteiger partial charge in [0.25, 0.3) is 0 Å². The van der Waals surface area contributed by atoms with Gasteiger partial charge >= 0.3 is 11.9 Å². The number of hydrogen-bond donors (Lipinski definition) is 1. The van der Waals surface area contributed by atoms with Crippen molar-refractivity contribution in [2.75, 3.05) is 24.6 Å². The molecule has 8 heteroatoms. The van der Waals surface area contributed by atoms with Crippen molar-refractivity contribution >= 4 is 51.7 Å². The summed E-state index contributed by atoms with van der Waals surface area (Å²) in [6, 6.07) is 3.48. The Morgan fingerprint density at radius 3 is 2.67 bits per heavy atom. The SMILES string of the molecule is CCOC(=O)c1cnc2c(Cl)c(N3CC(C(=O)O)C3)ccc2c1Cl. The summed E-state index contributed by atoms with van der Waals surface area (Å²) in [5.74, 6) is -1.74. The number of esters is 1. The lowest BCUT2D eigenvalue weighted by Crippen LogP contribution is -2.50. The maximum Gasteiger partial charge on any atom is 0.341 e. The second-order valence-corrected chi connectivity index (χ2v) is 6.20. The molecular weight excluding hydrogens is 355 g/mol. The zero-order chi connectivity index (χ0) is 17.4. The number of anilines is 1. The Hall–Kier alpha value is -2.05. The molecule has 0 bridgehead atoms. The predicted molar refractivity (Wildman–Crippen MR) is 91.1 cm³/mol. The molecule has 2 aromatic rings. The number of nitrogens with zero attached hydrogens (tertiary/aromatic N) is 2. The lowest BCUT2D eigenvalue weighted by atomic mass is 9.99. The minimum Gasteiger partial charge on any atom is -0.481 e. The fourth-order valence-corrected chi connectivity index (χ4v) is 3.23. The predicted octanol–water partition coefficient (Wildman–Crippen LogP) is 3.24. The molecule has 1 aliphatic rings. The van der Waals surface area contributed by atoms with Crippen LogP contribution in [-0.2, 0) is 9.53 Å². The molecule has 1 aromatic carbocycles. The van der Waals surface area contributed by atoms with Crippen LogP contribution in [0, 0.1) is 5.92 Å². The van der Waals surface area contributed by atoms with Crippen molar-refractivity contribution in [1.82, 2.24) is 4.98 Å². The van der Waals surface area contributed by atoms with Gasteiger partial charge in [0.2, 0.25) is 0 Å². The summed E-state index contributed by atoms with van der Waals surface area (Å²) < 4.78 is 4.95. The van der Waals surface area contributed by atoms with Gasteiger partial charge in [0.05, 0.1) is 39.3 Å². The van der Waals surface area contributed by atoms with Crippen LogP contribution in [0.2, 0.25) is 10.0 Å². The third kappa shape index (κ3) is 2.76. The molecule has 0 unspecified atom stereocenters. The van der Waals surface area contributed by atoms with E-state index in [1.807, 2.05) is 4.90 Å². The first kappa shape index (κ1) is 16.8. The summed E-state index contributed by atoms with van der Waals surface area (Å²) in [4.78, 5) is 28.9. The van der Waals surface area contributed by atoms with Gasteiger partial charge in [0.15, 0.2) is 0 Å². The fraction of sp³-hybridized carbons (Fsp3) is 0.312. The minimum absolute atomic E-state index is 0.185. The molecule has 0 aliphatic carbocycles. The van der Waals surface area contributed by atoms with Crippen LogP contribution in [0.25, 0.3) is 10.9 Å². The Labute approximate surface area is 147 Å². The van der Waals surface area contributed by atoms with Gasteiger partial charge in [0.1, 0.15) is 0 Å². The average Bonchev–Trinajstić information content (AvgIpc) is 2.48. The Balaban J connectivity index is 1.97. The van der Waals surface area contributed by atoms with Crippen molar-refractivity contribution in [2.45, 2.75) is 6.92 Å². The van der Waals surface area contributed by atoms with Crippen LogP contribution in [-0.4, -0.2) is 41.7 Å². The van der Waals surface area contributed by atoms with E-state index >= 15 is 0 Å². The lowest BCUT2D eigenvalue weighted by molar-refractivity contribution is -0.142. The van der Waals surface area contributed by atoms with E-state index < -0.39 is 11.9 Å². The number of carboxylic acids is 1. The smallest absolute Gasteiger partial charge is 0.341 e. The van der Waals surface area contributed by atoms with Gasteiger partial charge in [-0.05, 0) is 19.1 Å². The number of carbonyl (C=O) groups excluding carboxylic acids is 1. The zero-order valence-electron chi connectivity index (χ0n) is 12.8. The summed E-state index contributed by atoms with van der Waals surface area (Å²) in [5, 5.41) is 10.1. The number of aromatic nitrogens is 1. The number of ether oxygens (including phenoxy) is 1. The van der Waals surface area contributed by atoms with Gasteiger partial charge in [0, 0.05) is 24.7 Å². The number of carbonyl (C=O) groups is 2. The summed E-state index contributed by atoms with van der Waals surface area (Å²) in [7, 11) is 0. The topological polar surface area (TPSA) is 79.7 Å². The normalized spacial score (nSPS) is 14.5. The van der Waals surface area contributed by atoms with Crippen LogP contribution < -0.4 is 4.90 Å². The number of rotatable bonds is 4. The van der Waals surface area contributed by atoms with E-state index in [0.29, 0.717) is 34.7 Å². The molecule has 0 spiro atoms. The summed E-state index contributed by atoms with van der Waals surface area (Å²) >= 11 is 12.7. The van der Waals surface area contributed by atoms with Gasteiger partial charge in [-0.25, -0.2) is 4.79 Å². The van der Waals surface area contributed by atoms with Crippen molar-refractivity contribution in [3.63, 3.8) is 0 Å². The monoisotopic (exact) mass is 368 g/mol. The first-order valence-electron chi connectivity index (χ1n) is 7.35. The van der Waals surface area contributed by atoms with Crippen LogP contribution >= 0.6 is 23.2 Å². The van der Waals surface area contributed by atoms with Gasteiger partial charge in [-0.15, -0.1) is 0 Å². The van der Waals surface area contributed by atoms with E-state index in [1.165, 1.54) is 6.20 Å². The van der Waals surface area contributed by atoms with Crippen LogP contribution in [0.3, 0.4) is 0 Å². The highest BCUT2D eigenvalue weighted by Crippen LogP contribution is 2.38. The molecule has 3 rings (SSSR count). The molecular formula is C16H14Cl2N2O4. The Morgan fingerprint density at radius 2 is 2.04 bits per heavy atom. The fourth-order valence-electron chi connectivity index (χ4n) is 2.61. The van der Waals surface area contributed by atoms with E-state index in [1.54, 1.807) is 19.1 Å². The average molecular weight is 369 g/mol. The second-order valence-electron chi connectivity index (χ2n) is 5.44. The number of halogens is 2. The van der Waals surface area contributed by atoms with Crippen molar-refractivity contribution in [1.29, 1.82) is 0 Å². The van der Waals surface area contributed by atoms with Crippen molar-refractivity contribution in [2.24, 2.45) is 5.92 Å². The molecule has 1 aromatic heterocycles. The molecule has 0 amide bonds. The Kier molecular flexibility index (Phi) is 4.51. The minimum atomic E-state index is -0.816. The highest BCUT2D eigenvalue weighted by atomic mass is 35.5. The van der Waals surface area contributed by atoms with Crippen LogP contribution in [0.1, 0.15) is 17.3 Å². The summed E-state index contributed by atoms with van der Waals surface area (Å²) in [6.07, 6.45) is 1.34. The number of fused-ring (bicyclic) bond motifs is 1. The third-order valence-electron chi connectivity index (χ3n) is 3.96. The van der Waals surface area contributed by atoms with Crippen LogP contribution in [0.4, 0.5) is 5.69 Å². The van der Waals surface area contributed by atoms with Crippen molar-refractivity contribution in [3.8, 4) is 0 Å². The van der Waals surface area contributed by atoms with E-state index in [9.17, 15) is 9.59 Å². The maximum absolute atomic E-state index is 11.9. The van der Waals surface area contributed by atoms with Gasteiger partial charge in [-0.1, -0.05) is 23.2 Å². The molecule has 2 heterocycles. The highest BCUT2D eigenvalue weighted by Gasteiger charge is 2.34. The van der Waals surface area contributed by atoms with E-state index in [4.69, 9.17) is 33.0 Å². The van der Waals surface area contributed by atoms with E-state index in [-0.39, 0.29) is 23.1 Å². The number of benzene rings is 1. The molecule has 0 atom stereocenters. The lowest BCUT2D eigenvalue weighted by Gasteiger charge is -2.39. The highest BCUT2D eigenvalue weighted by molar-refractivity contribution is 6.42. The Bertz CT molecular complexity index is 834. The molecule has 1 fully saturated rings. The number of carboxylic acid groups (broad SMARTS) is 1. The summed E-state index contributed by atoms with van der Waals surface area (Å²) in [5.41, 5.74) is 1.35. The largest absolute Gasteiger partial charge is 0.481 e. The van der Waals surface area contributed by atoms with Gasteiger partial charge in [-0.3, -0.25) is 9.78 Å². The number of hydrogen-bond acceptors (Lipinski definition) is 5. The molecule has 126 valence electrons. The van der Waals surface area contributed by atoms with Crippen LogP contribution in [0.5, 0.6) is 0 Å². The standard InChI is InChI=1S/C16H14Cl2N2O4/c1-2-24-16(23)10-5-19-14-9(12(10)17)3-4-11(13(14)18)20-6-8(7-20)15(21)22/h3-5,8H,2,6-7H2,1H3,(H,21,22). The molecule has 0 radical (unpaired) electrons. The quantitative estimate of drug-likeness (QED) is 0.834. The summed E-state index contributed by atoms with van der Waals surface area (Å²) in [6.45, 7) is 2.75. The van der Waals surface area contributed by atoms with E-state index in [0.717, 1.165) is 0 Å². The molecule has 1 saturated heterocycles. The van der Waals surface area contributed by atoms with Crippen LogP contribution in [0.15, 0.2) is 18.3 Å². The molecule has 1 N–H and O–H groups in total.